The van der Waals surface area contributed by atoms with Crippen LogP contribution in [0.25, 0.3) is 32.9 Å². The van der Waals surface area contributed by atoms with Crippen molar-refractivity contribution < 1.29 is 0 Å². The zero-order valence-electron chi connectivity index (χ0n) is 16.9. The third-order valence-corrected chi connectivity index (χ3v) is 5.35. The summed E-state index contributed by atoms with van der Waals surface area (Å²) >= 11 is 0. The molecule has 1 nitrogen and oxygen atoms in total. The minimum Gasteiger partial charge on any atom is -0.248 e. The van der Waals surface area contributed by atoms with Crippen LogP contribution in [0, 0.1) is 0 Å². The van der Waals surface area contributed by atoms with Gasteiger partial charge in [0, 0.05) is 10.9 Å². The van der Waals surface area contributed by atoms with Crippen molar-refractivity contribution in [2.75, 3.05) is 0 Å². The third kappa shape index (κ3) is 3.35. The number of rotatable bonds is 2. The van der Waals surface area contributed by atoms with E-state index < -0.39 is 0 Å². The largest absolute Gasteiger partial charge is 0.248 e. The second kappa shape index (κ2) is 6.49. The van der Waals surface area contributed by atoms with E-state index in [0.717, 1.165) is 11.2 Å². The number of pyridine rings is 1. The van der Waals surface area contributed by atoms with Gasteiger partial charge in [-0.2, -0.15) is 0 Å². The van der Waals surface area contributed by atoms with Crippen LogP contribution in [0.15, 0.2) is 66.7 Å². The molecule has 0 saturated carbocycles. The molecule has 0 bridgehead atoms. The molecule has 1 heterocycles. The third-order valence-electron chi connectivity index (χ3n) is 5.35. The summed E-state index contributed by atoms with van der Waals surface area (Å²) in [5.41, 5.74) is 6.09. The van der Waals surface area contributed by atoms with Crippen LogP contribution in [0.3, 0.4) is 0 Å². The van der Waals surface area contributed by atoms with Gasteiger partial charge in [-0.3, -0.25) is 0 Å². The van der Waals surface area contributed by atoms with Gasteiger partial charge in [0.05, 0.1) is 11.2 Å². The Morgan fingerprint density at radius 3 is 2.26 bits per heavy atom. The Morgan fingerprint density at radius 2 is 1.52 bits per heavy atom. The summed E-state index contributed by atoms with van der Waals surface area (Å²) in [5, 5.41) is 3.80. The van der Waals surface area contributed by atoms with E-state index in [1.165, 1.54) is 32.8 Å². The zero-order chi connectivity index (χ0) is 19.2. The van der Waals surface area contributed by atoms with Gasteiger partial charge in [0.1, 0.15) is 0 Å². The Kier molecular flexibility index (Phi) is 4.26. The highest BCUT2D eigenvalue weighted by Crippen LogP contribution is 2.34. The van der Waals surface area contributed by atoms with Crippen molar-refractivity contribution in [3.63, 3.8) is 0 Å². The van der Waals surface area contributed by atoms with E-state index in [1.807, 2.05) is 0 Å². The van der Waals surface area contributed by atoms with Crippen molar-refractivity contribution in [1.29, 1.82) is 0 Å². The molecule has 0 fully saturated rings. The van der Waals surface area contributed by atoms with Crippen LogP contribution in [-0.2, 0) is 5.41 Å². The lowest BCUT2D eigenvalue weighted by Crippen LogP contribution is -2.12. The first kappa shape index (κ1) is 17.7. The van der Waals surface area contributed by atoms with Crippen molar-refractivity contribution in [3.05, 3.63) is 77.9 Å². The first-order chi connectivity index (χ1) is 12.8. The molecule has 0 radical (unpaired) electrons. The van der Waals surface area contributed by atoms with Gasteiger partial charge < -0.3 is 0 Å². The number of benzene rings is 3. The fraction of sp³-hybridized carbons (Fsp3) is 0.269. The van der Waals surface area contributed by atoms with Crippen LogP contribution in [0.1, 0.15) is 51.7 Å². The van der Waals surface area contributed by atoms with Crippen molar-refractivity contribution in [3.8, 4) is 11.3 Å². The summed E-state index contributed by atoms with van der Waals surface area (Å²) in [5.74, 6) is 0.507. The maximum atomic E-state index is 5.02. The molecular formula is C26H27N. The van der Waals surface area contributed by atoms with E-state index in [2.05, 4.69) is 101 Å². The average molecular weight is 354 g/mol. The van der Waals surface area contributed by atoms with Crippen LogP contribution in [-0.4, -0.2) is 4.98 Å². The molecule has 4 aromatic rings. The quantitative estimate of drug-likeness (QED) is 0.364. The first-order valence-electron chi connectivity index (χ1n) is 9.77. The maximum Gasteiger partial charge on any atom is 0.0712 e. The number of fused-ring (bicyclic) bond motifs is 2. The predicted molar refractivity (Wildman–Crippen MR) is 117 cm³/mol. The average Bonchev–Trinajstić information content (AvgIpc) is 2.65. The SMILES string of the molecule is CC(C)c1ccc2ccc(-c3cc(C(C)(C)C)c4ccccc4c3)nc2c1. The summed E-state index contributed by atoms with van der Waals surface area (Å²) in [6, 6.07) is 24.2. The molecule has 1 aromatic heterocycles. The lowest BCUT2D eigenvalue weighted by molar-refractivity contribution is 0.596. The molecule has 0 N–H and O–H groups in total. The summed E-state index contributed by atoms with van der Waals surface area (Å²) < 4.78 is 0. The molecule has 0 saturated heterocycles. The molecule has 0 aliphatic carbocycles. The van der Waals surface area contributed by atoms with E-state index in [9.17, 15) is 0 Å². The predicted octanol–water partition coefficient (Wildman–Crippen LogP) is 7.48. The van der Waals surface area contributed by atoms with Crippen molar-refractivity contribution in [2.24, 2.45) is 0 Å². The standard InChI is InChI=1S/C26H27N/c1-17(2)19-11-10-18-12-13-24(27-25(18)16-19)21-14-20-8-6-7-9-22(20)23(15-21)26(3,4)5/h6-17H,1-5H3. The molecule has 0 unspecified atom stereocenters. The first-order valence-corrected chi connectivity index (χ1v) is 9.77. The Bertz CT molecular complexity index is 1130. The maximum absolute atomic E-state index is 5.02. The van der Waals surface area contributed by atoms with Gasteiger partial charge in [-0.25, -0.2) is 4.98 Å². The minimum atomic E-state index is 0.0806. The molecular weight excluding hydrogens is 326 g/mol. The highest BCUT2D eigenvalue weighted by molar-refractivity contribution is 5.91. The number of nitrogens with zero attached hydrogens (tertiary/aromatic N) is 1. The zero-order valence-corrected chi connectivity index (χ0v) is 16.9. The molecule has 0 aliphatic heterocycles. The van der Waals surface area contributed by atoms with Crippen LogP contribution < -0.4 is 0 Å². The summed E-state index contributed by atoms with van der Waals surface area (Å²) in [4.78, 5) is 5.02. The van der Waals surface area contributed by atoms with E-state index in [1.54, 1.807) is 0 Å². The van der Waals surface area contributed by atoms with Crippen LogP contribution in [0.4, 0.5) is 0 Å². The Hall–Kier alpha value is -2.67. The smallest absolute Gasteiger partial charge is 0.0712 e. The number of hydrogen-bond donors (Lipinski definition) is 0. The summed E-state index contributed by atoms with van der Waals surface area (Å²) in [6.45, 7) is 11.3. The minimum absolute atomic E-state index is 0.0806. The van der Waals surface area contributed by atoms with E-state index in [0.29, 0.717) is 5.92 Å². The fourth-order valence-electron chi connectivity index (χ4n) is 3.73. The van der Waals surface area contributed by atoms with Crippen molar-refractivity contribution in [2.45, 2.75) is 46.0 Å². The number of aromatic nitrogens is 1. The van der Waals surface area contributed by atoms with Crippen LogP contribution >= 0.6 is 0 Å². The van der Waals surface area contributed by atoms with Crippen molar-refractivity contribution in [1.82, 2.24) is 4.98 Å². The Morgan fingerprint density at radius 1 is 0.778 bits per heavy atom. The molecule has 136 valence electrons. The lowest BCUT2D eigenvalue weighted by atomic mass is 9.82. The van der Waals surface area contributed by atoms with Gasteiger partial charge >= 0.3 is 0 Å². The van der Waals surface area contributed by atoms with Crippen LogP contribution in [0.2, 0.25) is 0 Å². The molecule has 0 aliphatic rings. The second-order valence-corrected chi connectivity index (χ2v) is 8.80. The van der Waals surface area contributed by atoms with Gasteiger partial charge in [-0.1, -0.05) is 77.1 Å². The fourth-order valence-corrected chi connectivity index (χ4v) is 3.73. The van der Waals surface area contributed by atoms with E-state index in [-0.39, 0.29) is 5.41 Å². The van der Waals surface area contributed by atoms with Crippen molar-refractivity contribution >= 4 is 21.7 Å². The van der Waals surface area contributed by atoms with Gasteiger partial charge in [0.15, 0.2) is 0 Å². The van der Waals surface area contributed by atoms with Crippen LogP contribution in [0.5, 0.6) is 0 Å². The van der Waals surface area contributed by atoms with Gasteiger partial charge in [0.2, 0.25) is 0 Å². The monoisotopic (exact) mass is 353 g/mol. The molecule has 0 amide bonds. The Labute approximate surface area is 162 Å². The molecule has 1 heteroatoms. The molecule has 0 atom stereocenters. The normalized spacial score (nSPS) is 12.2. The second-order valence-electron chi connectivity index (χ2n) is 8.80. The number of hydrogen-bond acceptors (Lipinski definition) is 1. The molecule has 27 heavy (non-hydrogen) atoms. The highest BCUT2D eigenvalue weighted by atomic mass is 14.7. The van der Waals surface area contributed by atoms with E-state index >= 15 is 0 Å². The molecule has 3 aromatic carbocycles. The topological polar surface area (TPSA) is 12.9 Å². The lowest BCUT2D eigenvalue weighted by Gasteiger charge is -2.22. The highest BCUT2D eigenvalue weighted by Gasteiger charge is 2.18. The van der Waals surface area contributed by atoms with Gasteiger partial charge in [0.25, 0.3) is 0 Å². The summed E-state index contributed by atoms with van der Waals surface area (Å²) in [6.07, 6.45) is 0. The van der Waals surface area contributed by atoms with Gasteiger partial charge in [-0.15, -0.1) is 0 Å². The summed E-state index contributed by atoms with van der Waals surface area (Å²) in [7, 11) is 0. The molecule has 0 spiro atoms. The van der Waals surface area contributed by atoms with Gasteiger partial charge in [-0.05, 0) is 57.5 Å². The molecule has 4 rings (SSSR count). The Balaban J connectivity index is 1.93. The van der Waals surface area contributed by atoms with E-state index in [4.69, 9.17) is 4.98 Å².